The summed E-state index contributed by atoms with van der Waals surface area (Å²) in [5.74, 6) is 0. The van der Waals surface area contributed by atoms with E-state index in [9.17, 15) is 8.42 Å². The summed E-state index contributed by atoms with van der Waals surface area (Å²) in [5.41, 5.74) is 5.85. The van der Waals surface area contributed by atoms with Crippen LogP contribution in [0.2, 0.25) is 0 Å². The first-order chi connectivity index (χ1) is 9.48. The molecule has 1 aliphatic heterocycles. The molecule has 0 aliphatic carbocycles. The van der Waals surface area contributed by atoms with Crippen LogP contribution >= 0.6 is 12.4 Å². The van der Waals surface area contributed by atoms with E-state index in [1.54, 1.807) is 0 Å². The van der Waals surface area contributed by atoms with Gasteiger partial charge in [-0.2, -0.15) is 9.57 Å². The lowest BCUT2D eigenvalue weighted by Crippen LogP contribution is -2.51. The number of aromatic nitrogens is 1. The number of nitriles is 1. The molecule has 1 aromatic heterocycles. The Kier molecular flexibility index (Phi) is 6.10. The molecule has 2 unspecified atom stereocenters. The van der Waals surface area contributed by atoms with Gasteiger partial charge in [-0.05, 0) is 31.9 Å². The van der Waals surface area contributed by atoms with E-state index in [0.717, 1.165) is 19.3 Å². The zero-order valence-corrected chi connectivity index (χ0v) is 13.4. The number of piperidine rings is 1. The van der Waals surface area contributed by atoms with Crippen molar-refractivity contribution in [2.75, 3.05) is 6.54 Å². The van der Waals surface area contributed by atoms with Gasteiger partial charge in [0.2, 0.25) is 10.0 Å². The predicted molar refractivity (Wildman–Crippen MR) is 81.4 cm³/mol. The minimum Gasteiger partial charge on any atom is -0.326 e. The average Bonchev–Trinajstić information content (AvgIpc) is 2.47. The molecule has 2 atom stereocenters. The molecule has 1 aromatic rings. The lowest BCUT2D eigenvalue weighted by Gasteiger charge is -2.36. The van der Waals surface area contributed by atoms with Gasteiger partial charge >= 0.3 is 0 Å². The SMILES string of the molecule is CC(N)C1CCCCN1S(=O)(=O)c1cccnc1C#N.Cl. The van der Waals surface area contributed by atoms with Gasteiger partial charge in [-0.25, -0.2) is 13.4 Å². The summed E-state index contributed by atoms with van der Waals surface area (Å²) in [7, 11) is -3.73. The van der Waals surface area contributed by atoms with Crippen LogP contribution in [0.5, 0.6) is 0 Å². The third-order valence-corrected chi connectivity index (χ3v) is 5.52. The van der Waals surface area contributed by atoms with Crippen molar-refractivity contribution in [1.29, 1.82) is 5.26 Å². The normalized spacial score (nSPS) is 21.1. The number of hydrogen-bond donors (Lipinski definition) is 1. The number of nitrogens with two attached hydrogens (primary N) is 1. The molecular weight excluding hydrogens is 312 g/mol. The molecule has 6 nitrogen and oxygen atoms in total. The van der Waals surface area contributed by atoms with Crippen molar-refractivity contribution in [3.05, 3.63) is 24.0 Å². The second-order valence-electron chi connectivity index (χ2n) is 5.00. The first kappa shape index (κ1) is 17.9. The van der Waals surface area contributed by atoms with Crippen LogP contribution in [0.3, 0.4) is 0 Å². The zero-order chi connectivity index (χ0) is 14.8. The van der Waals surface area contributed by atoms with E-state index in [-0.39, 0.29) is 35.1 Å². The molecule has 0 saturated carbocycles. The van der Waals surface area contributed by atoms with E-state index in [4.69, 9.17) is 11.0 Å². The Bertz CT molecular complexity index is 627. The van der Waals surface area contributed by atoms with E-state index in [1.165, 1.54) is 22.6 Å². The number of sulfonamides is 1. The van der Waals surface area contributed by atoms with Crippen molar-refractivity contribution in [2.24, 2.45) is 5.73 Å². The van der Waals surface area contributed by atoms with Gasteiger partial charge < -0.3 is 5.73 Å². The molecule has 0 amide bonds. The van der Waals surface area contributed by atoms with Crippen LogP contribution in [-0.4, -0.2) is 36.3 Å². The molecule has 2 rings (SSSR count). The maximum absolute atomic E-state index is 12.8. The van der Waals surface area contributed by atoms with Gasteiger partial charge in [0, 0.05) is 24.8 Å². The van der Waals surface area contributed by atoms with Gasteiger partial charge in [-0.3, -0.25) is 0 Å². The molecule has 21 heavy (non-hydrogen) atoms. The smallest absolute Gasteiger partial charge is 0.246 e. The van der Waals surface area contributed by atoms with Crippen molar-refractivity contribution in [1.82, 2.24) is 9.29 Å². The maximum Gasteiger partial charge on any atom is 0.246 e. The van der Waals surface area contributed by atoms with E-state index in [1.807, 2.05) is 13.0 Å². The molecule has 1 aliphatic rings. The summed E-state index contributed by atoms with van der Waals surface area (Å²) >= 11 is 0. The largest absolute Gasteiger partial charge is 0.326 e. The fourth-order valence-corrected chi connectivity index (χ4v) is 4.43. The van der Waals surface area contributed by atoms with Crippen molar-refractivity contribution < 1.29 is 8.42 Å². The van der Waals surface area contributed by atoms with E-state index in [2.05, 4.69) is 4.98 Å². The Morgan fingerprint density at radius 2 is 2.24 bits per heavy atom. The third-order valence-electron chi connectivity index (χ3n) is 3.57. The average molecular weight is 331 g/mol. The number of pyridine rings is 1. The van der Waals surface area contributed by atoms with Crippen LogP contribution in [0.1, 0.15) is 31.9 Å². The topological polar surface area (TPSA) is 100 Å². The Morgan fingerprint density at radius 1 is 1.52 bits per heavy atom. The molecule has 2 N–H and O–H groups in total. The van der Waals surface area contributed by atoms with Gasteiger partial charge in [0.05, 0.1) is 0 Å². The highest BCUT2D eigenvalue weighted by molar-refractivity contribution is 7.89. The Hall–Kier alpha value is -1.20. The molecule has 0 radical (unpaired) electrons. The predicted octanol–water partition coefficient (Wildman–Crippen LogP) is 1.27. The monoisotopic (exact) mass is 330 g/mol. The van der Waals surface area contributed by atoms with Crippen LogP contribution in [-0.2, 0) is 10.0 Å². The van der Waals surface area contributed by atoms with Gasteiger partial charge in [-0.1, -0.05) is 6.42 Å². The highest BCUT2D eigenvalue weighted by Crippen LogP contribution is 2.27. The van der Waals surface area contributed by atoms with Crippen molar-refractivity contribution in [3.8, 4) is 6.07 Å². The van der Waals surface area contributed by atoms with Crippen molar-refractivity contribution in [3.63, 3.8) is 0 Å². The van der Waals surface area contributed by atoms with Crippen molar-refractivity contribution in [2.45, 2.75) is 43.2 Å². The molecule has 0 bridgehead atoms. The summed E-state index contributed by atoms with van der Waals surface area (Å²) in [4.78, 5) is 3.80. The third kappa shape index (κ3) is 3.52. The number of rotatable bonds is 3. The fourth-order valence-electron chi connectivity index (χ4n) is 2.56. The molecule has 0 aromatic carbocycles. The minimum absolute atomic E-state index is 0. The molecular formula is C13H19ClN4O2S. The Labute approximate surface area is 131 Å². The van der Waals surface area contributed by atoms with Crippen LogP contribution in [0, 0.1) is 11.3 Å². The molecule has 1 saturated heterocycles. The Balaban J connectivity index is 0.00000220. The summed E-state index contributed by atoms with van der Waals surface area (Å²) in [6, 6.07) is 4.32. The van der Waals surface area contributed by atoms with Crippen molar-refractivity contribution >= 4 is 22.4 Å². The van der Waals surface area contributed by atoms with Crippen LogP contribution < -0.4 is 5.73 Å². The Morgan fingerprint density at radius 3 is 2.86 bits per heavy atom. The van der Waals surface area contributed by atoms with Crippen LogP contribution in [0.4, 0.5) is 0 Å². The lowest BCUT2D eigenvalue weighted by atomic mass is 10.00. The van der Waals surface area contributed by atoms with E-state index < -0.39 is 10.0 Å². The zero-order valence-electron chi connectivity index (χ0n) is 11.8. The van der Waals surface area contributed by atoms with Crippen LogP contribution in [0.25, 0.3) is 0 Å². The van der Waals surface area contributed by atoms with Crippen LogP contribution in [0.15, 0.2) is 23.2 Å². The highest BCUT2D eigenvalue weighted by atomic mass is 35.5. The first-order valence-corrected chi connectivity index (χ1v) is 8.05. The van der Waals surface area contributed by atoms with Gasteiger partial charge in [0.15, 0.2) is 5.69 Å². The maximum atomic E-state index is 12.8. The van der Waals surface area contributed by atoms with Gasteiger partial charge in [-0.15, -0.1) is 12.4 Å². The second-order valence-corrected chi connectivity index (χ2v) is 6.86. The highest BCUT2D eigenvalue weighted by Gasteiger charge is 2.36. The quantitative estimate of drug-likeness (QED) is 0.899. The first-order valence-electron chi connectivity index (χ1n) is 6.61. The summed E-state index contributed by atoms with van der Waals surface area (Å²) < 4.78 is 27.0. The summed E-state index contributed by atoms with van der Waals surface area (Å²) in [6.45, 7) is 2.25. The number of hydrogen-bond acceptors (Lipinski definition) is 5. The van der Waals surface area contributed by atoms with Gasteiger partial charge in [0.1, 0.15) is 11.0 Å². The standard InChI is InChI=1S/C13H18N4O2S.ClH/c1-10(15)12-5-2-3-8-17(12)20(18,19)13-6-4-7-16-11(13)9-14;/h4,6-7,10,12H,2-3,5,8,15H2,1H3;1H. The summed E-state index contributed by atoms with van der Waals surface area (Å²) in [5, 5.41) is 9.04. The van der Waals surface area contributed by atoms with Gasteiger partial charge in [0.25, 0.3) is 0 Å². The summed E-state index contributed by atoms with van der Waals surface area (Å²) in [6.07, 6.45) is 3.94. The molecule has 1 fully saturated rings. The molecule has 116 valence electrons. The fraction of sp³-hybridized carbons (Fsp3) is 0.538. The second kappa shape index (κ2) is 7.18. The molecule has 2 heterocycles. The molecule has 0 spiro atoms. The number of halogens is 1. The van der Waals surface area contributed by atoms with E-state index >= 15 is 0 Å². The minimum atomic E-state index is -3.73. The van der Waals surface area contributed by atoms with E-state index in [0.29, 0.717) is 6.54 Å². The molecule has 8 heteroatoms. The number of nitrogens with zero attached hydrogens (tertiary/aromatic N) is 3. The lowest BCUT2D eigenvalue weighted by molar-refractivity contribution is 0.227.